The Hall–Kier alpha value is -2.67. The van der Waals surface area contributed by atoms with E-state index in [1.165, 1.54) is 36.1 Å². The van der Waals surface area contributed by atoms with Gasteiger partial charge in [0.15, 0.2) is 0 Å². The quantitative estimate of drug-likeness (QED) is 0.818. The fourth-order valence-corrected chi connectivity index (χ4v) is 5.67. The van der Waals surface area contributed by atoms with E-state index in [4.69, 9.17) is 0 Å². The molecule has 0 saturated carbocycles. The average molecular weight is 413 g/mol. The molecule has 0 unspecified atom stereocenters. The maximum Gasteiger partial charge on any atom is 0.269 e. The molecule has 2 aliphatic rings. The third-order valence-electron chi connectivity index (χ3n) is 5.72. The van der Waals surface area contributed by atoms with E-state index in [0.29, 0.717) is 10.7 Å². The fraction of sp³-hybridized carbons (Fsp3) is 0.364. The van der Waals surface area contributed by atoms with E-state index in [9.17, 15) is 18.0 Å². The molecule has 152 valence electrons. The van der Waals surface area contributed by atoms with Crippen LogP contribution in [0.3, 0.4) is 0 Å². The van der Waals surface area contributed by atoms with Gasteiger partial charge in [-0.1, -0.05) is 37.3 Å². The third kappa shape index (κ3) is 3.55. The normalized spacial score (nSPS) is 18.1. The molecule has 0 aromatic heterocycles. The zero-order valence-corrected chi connectivity index (χ0v) is 17.2. The van der Waals surface area contributed by atoms with Gasteiger partial charge >= 0.3 is 0 Å². The van der Waals surface area contributed by atoms with Crippen LogP contribution < -0.4 is 5.32 Å². The van der Waals surface area contributed by atoms with E-state index in [1.807, 2.05) is 13.0 Å². The van der Waals surface area contributed by atoms with Gasteiger partial charge in [0, 0.05) is 0 Å². The molecule has 0 bridgehead atoms. The summed E-state index contributed by atoms with van der Waals surface area (Å²) in [5.74, 6) is -1.14. The molecule has 6 nitrogen and oxygen atoms in total. The first-order valence-corrected chi connectivity index (χ1v) is 11.4. The maximum atomic E-state index is 12.6. The lowest BCUT2D eigenvalue weighted by Gasteiger charge is -2.23. The Kier molecular flexibility index (Phi) is 5.17. The molecular weight excluding hydrogens is 388 g/mol. The molecule has 1 N–H and O–H groups in total. The van der Waals surface area contributed by atoms with Crippen LogP contribution in [0.15, 0.2) is 47.4 Å². The van der Waals surface area contributed by atoms with Crippen LogP contribution in [0.5, 0.6) is 0 Å². The molecule has 7 heteroatoms. The first-order valence-electron chi connectivity index (χ1n) is 9.99. The Labute approximate surface area is 171 Å². The summed E-state index contributed by atoms with van der Waals surface area (Å²) in [5, 5.41) is 2.90. The largest absolute Gasteiger partial charge is 0.348 e. The first kappa shape index (κ1) is 19.6. The molecule has 2 amide bonds. The number of aryl methyl sites for hydroxylation is 2. The number of amides is 2. The average Bonchev–Trinajstić information content (AvgIpc) is 2.92. The number of nitrogens with one attached hydrogen (secondary N) is 1. The molecule has 1 atom stereocenters. The van der Waals surface area contributed by atoms with E-state index in [0.717, 1.165) is 18.4 Å². The number of rotatable bonds is 5. The van der Waals surface area contributed by atoms with Crippen molar-refractivity contribution in [2.24, 2.45) is 0 Å². The molecule has 1 aliphatic carbocycles. The van der Waals surface area contributed by atoms with Crippen molar-refractivity contribution < 1.29 is 18.0 Å². The van der Waals surface area contributed by atoms with Crippen molar-refractivity contribution in [3.05, 3.63) is 64.7 Å². The molecule has 1 heterocycles. The molecule has 1 aliphatic heterocycles. The number of carbonyl (C=O) groups excluding carboxylic acids is 2. The summed E-state index contributed by atoms with van der Waals surface area (Å²) in [6, 6.07) is 12.1. The van der Waals surface area contributed by atoms with Crippen LogP contribution in [0, 0.1) is 0 Å². The summed E-state index contributed by atoms with van der Waals surface area (Å²) < 4.78 is 25.9. The molecule has 4 rings (SSSR count). The molecule has 0 fully saturated rings. The van der Waals surface area contributed by atoms with Crippen LogP contribution in [0.1, 0.15) is 59.3 Å². The molecule has 0 spiro atoms. The molecule has 0 radical (unpaired) electrons. The molecule has 2 aromatic carbocycles. The number of benzene rings is 2. The van der Waals surface area contributed by atoms with Gasteiger partial charge in [-0.2, -0.15) is 0 Å². The minimum Gasteiger partial charge on any atom is -0.348 e. The van der Waals surface area contributed by atoms with Crippen LogP contribution >= 0.6 is 0 Å². The predicted octanol–water partition coefficient (Wildman–Crippen LogP) is 2.98. The second kappa shape index (κ2) is 7.63. The summed E-state index contributed by atoms with van der Waals surface area (Å²) in [4.78, 5) is 25.1. The highest BCUT2D eigenvalue weighted by Crippen LogP contribution is 2.30. The van der Waals surface area contributed by atoms with Gasteiger partial charge in [-0.3, -0.25) is 9.59 Å². The second-order valence-electron chi connectivity index (χ2n) is 7.58. The van der Waals surface area contributed by atoms with E-state index in [1.54, 1.807) is 12.1 Å². The van der Waals surface area contributed by atoms with Crippen LogP contribution in [0.4, 0.5) is 0 Å². The monoisotopic (exact) mass is 412 g/mol. The second-order valence-corrected chi connectivity index (χ2v) is 9.41. The van der Waals surface area contributed by atoms with Crippen molar-refractivity contribution in [2.45, 2.75) is 50.0 Å². The van der Waals surface area contributed by atoms with Gasteiger partial charge in [-0.15, -0.1) is 0 Å². The van der Waals surface area contributed by atoms with Crippen molar-refractivity contribution in [2.75, 3.05) is 6.54 Å². The highest BCUT2D eigenvalue weighted by molar-refractivity contribution is 7.90. The lowest BCUT2D eigenvalue weighted by atomic mass is 9.89. The minimum atomic E-state index is -3.99. The Morgan fingerprint density at radius 2 is 1.83 bits per heavy atom. The standard InChI is InChI=1S/C22H24N2O4S/c1-2-19(17-12-11-15-7-3-4-8-16(15)13-17)23-21(25)14-24-22(26)18-9-5-6-10-20(18)29(24,27)28/h5-6,9-13,19H,2-4,7-8,14H2,1H3,(H,23,25)/t19-/m1/s1. The first-order chi connectivity index (χ1) is 13.9. The Balaban J connectivity index is 1.50. The highest BCUT2D eigenvalue weighted by atomic mass is 32.2. The van der Waals surface area contributed by atoms with Gasteiger partial charge in [0.2, 0.25) is 5.91 Å². The number of fused-ring (bicyclic) bond motifs is 2. The van der Waals surface area contributed by atoms with Crippen LogP contribution in [-0.2, 0) is 27.7 Å². The lowest BCUT2D eigenvalue weighted by molar-refractivity contribution is -0.121. The summed E-state index contributed by atoms with van der Waals surface area (Å²) in [7, 11) is -3.99. The summed E-state index contributed by atoms with van der Waals surface area (Å²) in [5.41, 5.74) is 3.82. The van der Waals surface area contributed by atoms with E-state index >= 15 is 0 Å². The Morgan fingerprint density at radius 3 is 2.55 bits per heavy atom. The zero-order valence-electron chi connectivity index (χ0n) is 16.3. The zero-order chi connectivity index (χ0) is 20.6. The van der Waals surface area contributed by atoms with Gasteiger partial charge in [-0.25, -0.2) is 12.7 Å². The number of carbonyl (C=O) groups is 2. The van der Waals surface area contributed by atoms with Gasteiger partial charge in [0.05, 0.1) is 11.6 Å². The molecule has 29 heavy (non-hydrogen) atoms. The minimum absolute atomic E-state index is 0.0421. The summed E-state index contributed by atoms with van der Waals surface area (Å²) in [6.07, 6.45) is 5.20. The van der Waals surface area contributed by atoms with Gasteiger partial charge < -0.3 is 5.32 Å². The SMILES string of the molecule is CC[C@@H](NC(=O)CN1C(=O)c2ccccc2S1(=O)=O)c1ccc2c(c1)CCCC2. The predicted molar refractivity (Wildman–Crippen MR) is 109 cm³/mol. The number of hydrogen-bond acceptors (Lipinski definition) is 4. The molecular formula is C22H24N2O4S. The topological polar surface area (TPSA) is 83.6 Å². The fourth-order valence-electron chi connectivity index (χ4n) is 4.15. The van der Waals surface area contributed by atoms with Gasteiger partial charge in [-0.05, 0) is 60.9 Å². The maximum absolute atomic E-state index is 12.6. The van der Waals surface area contributed by atoms with E-state index in [-0.39, 0.29) is 16.5 Å². The smallest absolute Gasteiger partial charge is 0.269 e. The van der Waals surface area contributed by atoms with Gasteiger partial charge in [0.25, 0.3) is 15.9 Å². The summed E-state index contributed by atoms with van der Waals surface area (Å²) in [6.45, 7) is 1.45. The number of nitrogens with zero attached hydrogens (tertiary/aromatic N) is 1. The van der Waals surface area contributed by atoms with Crippen molar-refractivity contribution in [1.82, 2.24) is 9.62 Å². The van der Waals surface area contributed by atoms with Crippen molar-refractivity contribution in [3.8, 4) is 0 Å². The Bertz CT molecular complexity index is 1080. The van der Waals surface area contributed by atoms with Crippen molar-refractivity contribution >= 4 is 21.8 Å². The van der Waals surface area contributed by atoms with E-state index in [2.05, 4.69) is 17.4 Å². The summed E-state index contributed by atoms with van der Waals surface area (Å²) >= 11 is 0. The molecule has 0 saturated heterocycles. The number of hydrogen-bond donors (Lipinski definition) is 1. The van der Waals surface area contributed by atoms with Crippen LogP contribution in [0.2, 0.25) is 0 Å². The van der Waals surface area contributed by atoms with Crippen molar-refractivity contribution in [3.63, 3.8) is 0 Å². The van der Waals surface area contributed by atoms with Crippen LogP contribution in [-0.4, -0.2) is 31.1 Å². The van der Waals surface area contributed by atoms with E-state index < -0.39 is 28.4 Å². The number of sulfonamides is 1. The Morgan fingerprint density at radius 1 is 1.10 bits per heavy atom. The van der Waals surface area contributed by atoms with Crippen molar-refractivity contribution in [1.29, 1.82) is 0 Å². The third-order valence-corrected chi connectivity index (χ3v) is 7.50. The highest BCUT2D eigenvalue weighted by Gasteiger charge is 2.41. The van der Waals surface area contributed by atoms with Crippen LogP contribution in [0.25, 0.3) is 0 Å². The van der Waals surface area contributed by atoms with Gasteiger partial charge in [0.1, 0.15) is 11.4 Å². The lowest BCUT2D eigenvalue weighted by Crippen LogP contribution is -2.41. The molecule has 2 aromatic rings.